The molecule has 0 fully saturated rings. The third-order valence-corrected chi connectivity index (χ3v) is 3.78. The standard InChI is InChI=1S/C21H19NO5/c1-13(2)12-26-20-18(9-7-15-5-3-4-10-22-15)27-17-8-6-14(21(24)25)11-16(17)19(20)23/h3-11,13H,12H2,1-2H3,(H,24,25). The summed E-state index contributed by atoms with van der Waals surface area (Å²) in [5, 5.41) is 9.33. The molecule has 3 rings (SSSR count). The number of fused-ring (bicyclic) bond motifs is 1. The minimum atomic E-state index is -1.11. The van der Waals surface area contributed by atoms with Crippen molar-refractivity contribution in [1.29, 1.82) is 0 Å². The van der Waals surface area contributed by atoms with Gasteiger partial charge in [-0.25, -0.2) is 4.79 Å². The topological polar surface area (TPSA) is 89.6 Å². The largest absolute Gasteiger partial charge is 0.486 e. The van der Waals surface area contributed by atoms with E-state index >= 15 is 0 Å². The number of hydrogen-bond donors (Lipinski definition) is 1. The van der Waals surface area contributed by atoms with Crippen LogP contribution in [0.25, 0.3) is 23.1 Å². The predicted octanol–water partition coefficient (Wildman–Crippen LogP) is 4.09. The van der Waals surface area contributed by atoms with Gasteiger partial charge in [-0.3, -0.25) is 9.78 Å². The minimum Gasteiger partial charge on any atom is -0.486 e. The van der Waals surface area contributed by atoms with Crippen LogP contribution in [-0.4, -0.2) is 22.7 Å². The summed E-state index contributed by atoms with van der Waals surface area (Å²) < 4.78 is 11.5. The average molecular weight is 365 g/mol. The zero-order chi connectivity index (χ0) is 19.4. The Morgan fingerprint density at radius 3 is 2.74 bits per heavy atom. The van der Waals surface area contributed by atoms with Gasteiger partial charge in [0.15, 0.2) is 5.76 Å². The molecule has 0 aliphatic heterocycles. The van der Waals surface area contributed by atoms with Crippen molar-refractivity contribution < 1.29 is 19.1 Å². The summed E-state index contributed by atoms with van der Waals surface area (Å²) >= 11 is 0. The van der Waals surface area contributed by atoms with Gasteiger partial charge in [0.1, 0.15) is 5.58 Å². The highest BCUT2D eigenvalue weighted by atomic mass is 16.5. The molecule has 2 heterocycles. The summed E-state index contributed by atoms with van der Waals surface area (Å²) in [6, 6.07) is 9.66. The highest BCUT2D eigenvalue weighted by molar-refractivity contribution is 5.93. The molecule has 2 aromatic heterocycles. The van der Waals surface area contributed by atoms with Crippen LogP contribution in [0.1, 0.15) is 35.7 Å². The van der Waals surface area contributed by atoms with E-state index in [1.165, 1.54) is 18.2 Å². The second-order valence-corrected chi connectivity index (χ2v) is 6.43. The van der Waals surface area contributed by atoms with Crippen LogP contribution in [0.15, 0.2) is 51.8 Å². The van der Waals surface area contributed by atoms with Crippen molar-refractivity contribution in [3.63, 3.8) is 0 Å². The molecule has 0 atom stereocenters. The van der Waals surface area contributed by atoms with E-state index in [2.05, 4.69) is 4.98 Å². The third-order valence-electron chi connectivity index (χ3n) is 3.78. The van der Waals surface area contributed by atoms with Gasteiger partial charge in [-0.1, -0.05) is 19.9 Å². The lowest BCUT2D eigenvalue weighted by Crippen LogP contribution is -2.14. The molecular weight excluding hydrogens is 346 g/mol. The van der Waals surface area contributed by atoms with Crippen LogP contribution in [0, 0.1) is 5.92 Å². The minimum absolute atomic E-state index is 0.0152. The van der Waals surface area contributed by atoms with Gasteiger partial charge >= 0.3 is 5.97 Å². The summed E-state index contributed by atoms with van der Waals surface area (Å²) in [6.07, 6.45) is 5.02. The molecular formula is C21H19NO5. The molecule has 0 saturated carbocycles. The first kappa shape index (κ1) is 18.4. The Hall–Kier alpha value is -3.41. The van der Waals surface area contributed by atoms with Gasteiger partial charge in [-0.2, -0.15) is 0 Å². The van der Waals surface area contributed by atoms with Crippen LogP contribution in [-0.2, 0) is 0 Å². The van der Waals surface area contributed by atoms with Crippen molar-refractivity contribution in [3.05, 3.63) is 69.8 Å². The quantitative estimate of drug-likeness (QED) is 0.708. The molecule has 0 spiro atoms. The van der Waals surface area contributed by atoms with Gasteiger partial charge in [0.2, 0.25) is 11.2 Å². The lowest BCUT2D eigenvalue weighted by molar-refractivity contribution is 0.0697. The van der Waals surface area contributed by atoms with E-state index in [9.17, 15) is 9.59 Å². The average Bonchev–Trinajstić information content (AvgIpc) is 2.66. The van der Waals surface area contributed by atoms with E-state index in [0.29, 0.717) is 17.9 Å². The lowest BCUT2D eigenvalue weighted by Gasteiger charge is -2.11. The molecule has 6 nitrogen and oxygen atoms in total. The van der Waals surface area contributed by atoms with E-state index in [1.807, 2.05) is 32.0 Å². The van der Waals surface area contributed by atoms with Crippen LogP contribution in [0.3, 0.4) is 0 Å². The summed E-state index contributed by atoms with van der Waals surface area (Å²) in [4.78, 5) is 28.3. The molecule has 138 valence electrons. The van der Waals surface area contributed by atoms with Gasteiger partial charge < -0.3 is 14.3 Å². The fourth-order valence-corrected chi connectivity index (χ4v) is 2.46. The Balaban J connectivity index is 2.13. The predicted molar refractivity (Wildman–Crippen MR) is 103 cm³/mol. The first-order valence-corrected chi connectivity index (χ1v) is 8.52. The number of aromatic carboxylic acids is 1. The number of nitrogens with zero attached hydrogens (tertiary/aromatic N) is 1. The fraction of sp³-hybridized carbons (Fsp3) is 0.190. The molecule has 0 radical (unpaired) electrons. The van der Waals surface area contributed by atoms with Gasteiger partial charge in [0.25, 0.3) is 0 Å². The van der Waals surface area contributed by atoms with E-state index in [4.69, 9.17) is 14.3 Å². The number of carbonyl (C=O) groups is 1. The van der Waals surface area contributed by atoms with Gasteiger partial charge in [-0.05, 0) is 48.4 Å². The number of rotatable bonds is 6. The van der Waals surface area contributed by atoms with Crippen LogP contribution in [0.4, 0.5) is 0 Å². The Bertz CT molecular complexity index is 1050. The van der Waals surface area contributed by atoms with E-state index in [-0.39, 0.29) is 28.4 Å². The molecule has 0 aliphatic carbocycles. The molecule has 0 amide bonds. The Morgan fingerprint density at radius 1 is 1.26 bits per heavy atom. The van der Waals surface area contributed by atoms with Crippen LogP contribution in [0.2, 0.25) is 0 Å². The Morgan fingerprint density at radius 2 is 2.07 bits per heavy atom. The van der Waals surface area contributed by atoms with E-state index in [1.54, 1.807) is 18.3 Å². The maximum atomic E-state index is 12.9. The van der Waals surface area contributed by atoms with Crippen molar-refractivity contribution >= 4 is 29.1 Å². The zero-order valence-electron chi connectivity index (χ0n) is 15.0. The highest BCUT2D eigenvalue weighted by Gasteiger charge is 2.16. The van der Waals surface area contributed by atoms with Crippen LogP contribution in [0.5, 0.6) is 5.75 Å². The summed E-state index contributed by atoms with van der Waals surface area (Å²) in [6.45, 7) is 4.27. The zero-order valence-corrected chi connectivity index (χ0v) is 15.0. The van der Waals surface area contributed by atoms with E-state index < -0.39 is 11.4 Å². The second kappa shape index (κ2) is 7.86. The van der Waals surface area contributed by atoms with Gasteiger partial charge in [0.05, 0.1) is 23.3 Å². The third kappa shape index (κ3) is 4.23. The maximum Gasteiger partial charge on any atom is 0.335 e. The highest BCUT2D eigenvalue weighted by Crippen LogP contribution is 2.24. The molecule has 3 aromatic rings. The Kier molecular flexibility index (Phi) is 5.35. The normalized spacial score (nSPS) is 11.4. The van der Waals surface area contributed by atoms with Crippen molar-refractivity contribution in [2.24, 2.45) is 5.92 Å². The summed E-state index contributed by atoms with van der Waals surface area (Å²) in [7, 11) is 0. The summed E-state index contributed by atoms with van der Waals surface area (Å²) in [5.41, 5.74) is 0.612. The smallest absolute Gasteiger partial charge is 0.335 e. The molecule has 0 unspecified atom stereocenters. The number of carboxylic acid groups (broad SMARTS) is 1. The molecule has 27 heavy (non-hydrogen) atoms. The fourth-order valence-electron chi connectivity index (χ4n) is 2.46. The Labute approximate surface area is 155 Å². The molecule has 1 aromatic carbocycles. The number of hydrogen-bond acceptors (Lipinski definition) is 5. The van der Waals surface area contributed by atoms with Crippen molar-refractivity contribution in [2.75, 3.05) is 6.61 Å². The SMILES string of the molecule is CC(C)COc1c(C=Cc2ccccn2)oc2ccc(C(=O)O)cc2c1=O. The maximum absolute atomic E-state index is 12.9. The summed E-state index contributed by atoms with van der Waals surface area (Å²) in [5.74, 6) is -0.578. The number of carboxylic acids is 1. The number of benzene rings is 1. The molecule has 6 heteroatoms. The molecule has 1 N–H and O–H groups in total. The first-order valence-electron chi connectivity index (χ1n) is 8.52. The van der Waals surface area contributed by atoms with Crippen LogP contribution >= 0.6 is 0 Å². The van der Waals surface area contributed by atoms with Gasteiger partial charge in [-0.15, -0.1) is 0 Å². The van der Waals surface area contributed by atoms with E-state index in [0.717, 1.165) is 0 Å². The second-order valence-electron chi connectivity index (χ2n) is 6.43. The molecule has 0 bridgehead atoms. The monoisotopic (exact) mass is 365 g/mol. The van der Waals surface area contributed by atoms with Crippen molar-refractivity contribution in [2.45, 2.75) is 13.8 Å². The number of aromatic nitrogens is 1. The van der Waals surface area contributed by atoms with Crippen molar-refractivity contribution in [1.82, 2.24) is 4.98 Å². The van der Waals surface area contributed by atoms with Gasteiger partial charge in [0, 0.05) is 6.20 Å². The van der Waals surface area contributed by atoms with Crippen molar-refractivity contribution in [3.8, 4) is 5.75 Å². The van der Waals surface area contributed by atoms with Crippen LogP contribution < -0.4 is 10.2 Å². The number of pyridine rings is 1. The lowest BCUT2D eigenvalue weighted by atomic mass is 10.1. The first-order chi connectivity index (χ1) is 13.0. The number of ether oxygens (including phenoxy) is 1. The molecule has 0 aliphatic rings. The molecule has 0 saturated heterocycles.